The molecular weight excluding hydrogens is 106 g/mol. The molecule has 0 aliphatic rings. The lowest BCUT2D eigenvalue weighted by Crippen LogP contribution is -2.30. The first-order valence-electron chi connectivity index (χ1n) is 2.83. The highest BCUT2D eigenvalue weighted by atomic mass is 16.3. The number of nitrogens with one attached hydrogen (secondary N) is 1. The molecule has 50 valence electrons. The third-order valence-electron chi connectivity index (χ3n) is 0.878. The van der Waals surface area contributed by atoms with Crippen LogP contribution in [0.1, 0.15) is 13.3 Å². The predicted molar refractivity (Wildman–Crippen MR) is 31.4 cm³/mol. The zero-order valence-electron chi connectivity index (χ0n) is 5.09. The van der Waals surface area contributed by atoms with Crippen LogP contribution in [-0.2, 0) is 0 Å². The zero-order valence-corrected chi connectivity index (χ0v) is 5.09. The van der Waals surface area contributed by atoms with Gasteiger partial charge in [-0.3, -0.25) is 5.32 Å². The molecule has 0 radical (unpaired) electrons. The molecule has 0 aromatic rings. The molecule has 0 saturated heterocycles. The molecule has 0 amide bonds. The Hall–Kier alpha value is -0.120. The van der Waals surface area contributed by atoms with Crippen molar-refractivity contribution in [2.45, 2.75) is 19.6 Å². The summed E-state index contributed by atoms with van der Waals surface area (Å²) >= 11 is 0. The van der Waals surface area contributed by atoms with Gasteiger partial charge in [-0.05, 0) is 6.42 Å². The first kappa shape index (κ1) is 7.88. The summed E-state index contributed by atoms with van der Waals surface area (Å²) in [6, 6.07) is 0. The van der Waals surface area contributed by atoms with Crippen molar-refractivity contribution in [3.8, 4) is 0 Å². The fourth-order valence-corrected chi connectivity index (χ4v) is 0.375. The minimum Gasteiger partial charge on any atom is -0.395 e. The van der Waals surface area contributed by atoms with E-state index in [0.717, 1.165) is 0 Å². The van der Waals surface area contributed by atoms with E-state index in [4.69, 9.17) is 10.2 Å². The molecule has 3 nitrogen and oxygen atoms in total. The molecule has 3 N–H and O–H groups in total. The van der Waals surface area contributed by atoms with Crippen LogP contribution in [0.4, 0.5) is 0 Å². The van der Waals surface area contributed by atoms with Crippen LogP contribution in [0.3, 0.4) is 0 Å². The van der Waals surface area contributed by atoms with Crippen molar-refractivity contribution in [1.82, 2.24) is 5.32 Å². The van der Waals surface area contributed by atoms with Crippen LogP contribution in [0.2, 0.25) is 0 Å². The molecule has 0 aliphatic carbocycles. The number of aliphatic hydroxyl groups is 2. The maximum atomic E-state index is 8.77. The summed E-state index contributed by atoms with van der Waals surface area (Å²) in [5.41, 5.74) is 0. The maximum Gasteiger partial charge on any atom is 0.104 e. The van der Waals surface area contributed by atoms with E-state index in [2.05, 4.69) is 5.32 Å². The van der Waals surface area contributed by atoms with Crippen molar-refractivity contribution in [3.63, 3.8) is 0 Å². The van der Waals surface area contributed by atoms with Crippen LogP contribution in [0, 0.1) is 0 Å². The van der Waals surface area contributed by atoms with Crippen molar-refractivity contribution in [3.05, 3.63) is 0 Å². The van der Waals surface area contributed by atoms with E-state index in [9.17, 15) is 0 Å². The summed E-state index contributed by atoms with van der Waals surface area (Å²) in [4.78, 5) is 0. The van der Waals surface area contributed by atoms with Crippen LogP contribution in [0.25, 0.3) is 0 Å². The zero-order chi connectivity index (χ0) is 6.41. The topological polar surface area (TPSA) is 52.5 Å². The van der Waals surface area contributed by atoms with Gasteiger partial charge in [-0.15, -0.1) is 0 Å². The fourth-order valence-electron chi connectivity index (χ4n) is 0.375. The number of hydrogen-bond acceptors (Lipinski definition) is 3. The molecule has 0 aliphatic heterocycles. The second-order valence-corrected chi connectivity index (χ2v) is 1.60. The summed E-state index contributed by atoms with van der Waals surface area (Å²) in [6.45, 7) is 2.42. The van der Waals surface area contributed by atoms with Gasteiger partial charge in [0, 0.05) is 6.54 Å². The van der Waals surface area contributed by atoms with E-state index < -0.39 is 6.23 Å². The van der Waals surface area contributed by atoms with Gasteiger partial charge in [-0.1, -0.05) is 6.92 Å². The fraction of sp³-hybridized carbons (Fsp3) is 1.00. The maximum absolute atomic E-state index is 8.77. The molecule has 0 aromatic heterocycles. The number of hydrogen-bond donors (Lipinski definition) is 3. The van der Waals surface area contributed by atoms with E-state index in [-0.39, 0.29) is 6.61 Å². The van der Waals surface area contributed by atoms with Crippen molar-refractivity contribution in [1.29, 1.82) is 0 Å². The molecule has 8 heavy (non-hydrogen) atoms. The van der Waals surface area contributed by atoms with E-state index >= 15 is 0 Å². The highest BCUT2D eigenvalue weighted by molar-refractivity contribution is 4.47. The smallest absolute Gasteiger partial charge is 0.104 e. The van der Waals surface area contributed by atoms with Crippen molar-refractivity contribution in [2.24, 2.45) is 0 Å². The van der Waals surface area contributed by atoms with Gasteiger partial charge < -0.3 is 10.2 Å². The lowest BCUT2D eigenvalue weighted by atomic mass is 10.4. The Bertz CT molecular complexity index is 49.7. The van der Waals surface area contributed by atoms with E-state index in [1.54, 1.807) is 0 Å². The van der Waals surface area contributed by atoms with Gasteiger partial charge in [0.2, 0.25) is 0 Å². The Morgan fingerprint density at radius 3 is 2.62 bits per heavy atom. The quantitative estimate of drug-likeness (QED) is 0.429. The molecule has 0 unspecified atom stereocenters. The van der Waals surface area contributed by atoms with Crippen molar-refractivity contribution >= 4 is 0 Å². The van der Waals surface area contributed by atoms with Crippen LogP contribution < -0.4 is 5.32 Å². The minimum absolute atomic E-state index is 0.0804. The summed E-state index contributed by atoms with van der Waals surface area (Å²) in [6.07, 6.45) is 0.224. The highest BCUT2D eigenvalue weighted by Gasteiger charge is 1.94. The normalized spacial score (nSPS) is 13.9. The van der Waals surface area contributed by atoms with E-state index in [1.807, 2.05) is 6.92 Å². The van der Waals surface area contributed by atoms with Gasteiger partial charge in [0.25, 0.3) is 0 Å². The Labute approximate surface area is 49.3 Å². The molecular formula is C5H13NO2. The van der Waals surface area contributed by atoms with Gasteiger partial charge in [0.1, 0.15) is 6.23 Å². The third kappa shape index (κ3) is 4.05. The Morgan fingerprint density at radius 2 is 2.25 bits per heavy atom. The lowest BCUT2D eigenvalue weighted by Gasteiger charge is -2.06. The summed E-state index contributed by atoms with van der Waals surface area (Å²) in [7, 11) is 0. The highest BCUT2D eigenvalue weighted by Crippen LogP contribution is 1.80. The molecule has 0 bridgehead atoms. The van der Waals surface area contributed by atoms with Crippen LogP contribution in [0.5, 0.6) is 0 Å². The van der Waals surface area contributed by atoms with Crippen molar-refractivity contribution < 1.29 is 10.2 Å². The molecule has 1 atom stereocenters. The minimum atomic E-state index is -0.456. The first-order chi connectivity index (χ1) is 3.81. The van der Waals surface area contributed by atoms with E-state index in [0.29, 0.717) is 13.0 Å². The third-order valence-corrected chi connectivity index (χ3v) is 0.878. The Morgan fingerprint density at radius 1 is 1.62 bits per heavy atom. The summed E-state index contributed by atoms with van der Waals surface area (Å²) < 4.78 is 0. The Kier molecular flexibility index (Phi) is 4.95. The van der Waals surface area contributed by atoms with Crippen LogP contribution in [0.15, 0.2) is 0 Å². The van der Waals surface area contributed by atoms with Crippen LogP contribution >= 0.6 is 0 Å². The van der Waals surface area contributed by atoms with Gasteiger partial charge in [0.05, 0.1) is 6.61 Å². The standard InChI is InChI=1S/C5H13NO2/c1-2-5(8)6-3-4-7/h5-8H,2-4H2,1H3/t5-/m0/s1. The van der Waals surface area contributed by atoms with Gasteiger partial charge in [-0.25, -0.2) is 0 Å². The van der Waals surface area contributed by atoms with Crippen molar-refractivity contribution in [2.75, 3.05) is 13.2 Å². The SMILES string of the molecule is CC[C@H](O)NCCO. The second kappa shape index (κ2) is 5.03. The monoisotopic (exact) mass is 119 g/mol. The molecule has 0 heterocycles. The first-order valence-corrected chi connectivity index (χ1v) is 2.83. The van der Waals surface area contributed by atoms with Crippen LogP contribution in [-0.4, -0.2) is 29.6 Å². The van der Waals surface area contributed by atoms with Gasteiger partial charge >= 0.3 is 0 Å². The average Bonchev–Trinajstić information content (AvgIpc) is 1.83. The molecule has 0 fully saturated rings. The average molecular weight is 119 g/mol. The molecule has 0 aromatic carbocycles. The number of aliphatic hydroxyl groups excluding tert-OH is 2. The molecule has 3 heteroatoms. The molecule has 0 spiro atoms. The second-order valence-electron chi connectivity index (χ2n) is 1.60. The Balaban J connectivity index is 2.86. The summed E-state index contributed by atoms with van der Waals surface area (Å²) in [5, 5.41) is 19.7. The van der Waals surface area contributed by atoms with E-state index in [1.165, 1.54) is 0 Å². The van der Waals surface area contributed by atoms with Gasteiger partial charge in [0.15, 0.2) is 0 Å². The summed E-state index contributed by atoms with van der Waals surface area (Å²) in [5.74, 6) is 0. The molecule has 0 saturated carbocycles. The molecule has 0 rings (SSSR count). The largest absolute Gasteiger partial charge is 0.395 e. The number of rotatable bonds is 4. The predicted octanol–water partition coefficient (Wildman–Crippen LogP) is -0.703. The lowest BCUT2D eigenvalue weighted by molar-refractivity contribution is 0.124. The van der Waals surface area contributed by atoms with Gasteiger partial charge in [-0.2, -0.15) is 0 Å².